The van der Waals surface area contributed by atoms with Gasteiger partial charge in [-0.05, 0) is 43.2 Å². The molecule has 2 aromatic carbocycles. The fourth-order valence-electron chi connectivity index (χ4n) is 3.74. The average molecular weight is 583 g/mol. The van der Waals surface area contributed by atoms with Gasteiger partial charge in [-0.3, -0.25) is 9.36 Å². The van der Waals surface area contributed by atoms with Gasteiger partial charge in [0.2, 0.25) is 5.91 Å². The Hall–Kier alpha value is -3.60. The third kappa shape index (κ3) is 7.08. The van der Waals surface area contributed by atoms with Crippen molar-refractivity contribution in [1.29, 1.82) is 0 Å². The molecular weight excluding hydrogens is 556 g/mol. The number of nitrogens with zero attached hydrogens (tertiary/aromatic N) is 3. The Bertz CT molecular complexity index is 1470. The van der Waals surface area contributed by atoms with Gasteiger partial charge in [0.1, 0.15) is 22.9 Å². The van der Waals surface area contributed by atoms with E-state index >= 15 is 0 Å². The molecule has 39 heavy (non-hydrogen) atoms. The second-order valence-corrected chi connectivity index (χ2v) is 10.5. The van der Waals surface area contributed by atoms with Crippen molar-refractivity contribution >= 4 is 51.6 Å². The summed E-state index contributed by atoms with van der Waals surface area (Å²) in [5, 5.41) is 14.9. The molecule has 0 saturated carbocycles. The van der Waals surface area contributed by atoms with Crippen LogP contribution >= 0.6 is 34.7 Å². The summed E-state index contributed by atoms with van der Waals surface area (Å²) in [5.74, 6) is 0.598. The summed E-state index contributed by atoms with van der Waals surface area (Å²) in [7, 11) is 0. The molecule has 2 aromatic heterocycles. The smallest absolute Gasteiger partial charge is 0.341 e. The van der Waals surface area contributed by atoms with Crippen LogP contribution in [0.15, 0.2) is 71.7 Å². The number of carbonyl (C=O) groups excluding carboxylic acids is 2. The predicted octanol–water partition coefficient (Wildman–Crippen LogP) is 6.64. The lowest BCUT2D eigenvalue weighted by Crippen LogP contribution is -2.17. The van der Waals surface area contributed by atoms with Crippen LogP contribution in [0.25, 0.3) is 11.1 Å². The Kier molecular flexibility index (Phi) is 9.80. The number of thiophene rings is 1. The van der Waals surface area contributed by atoms with E-state index in [-0.39, 0.29) is 24.9 Å². The highest BCUT2D eigenvalue weighted by Gasteiger charge is 2.23. The Labute approximate surface area is 240 Å². The number of halogens is 1. The second-order valence-electron chi connectivity index (χ2n) is 8.27. The molecule has 1 N–H and O–H groups in total. The summed E-state index contributed by atoms with van der Waals surface area (Å²) >= 11 is 8.55. The van der Waals surface area contributed by atoms with Gasteiger partial charge in [0, 0.05) is 22.5 Å². The van der Waals surface area contributed by atoms with Gasteiger partial charge in [-0.2, -0.15) is 0 Å². The molecule has 1 amide bonds. The molecule has 0 unspecified atom stereocenters. The van der Waals surface area contributed by atoms with Crippen LogP contribution in [0.1, 0.15) is 28.7 Å². The number of hydrogen-bond acceptors (Lipinski definition) is 8. The number of benzene rings is 2. The standard InChI is InChI=1S/C28H27ClN4O4S2/c1-4-13-33-23(15-37-22-12-11-20(29)14-18(22)3)31-32-28(33)39-17-24(34)30-26-25(27(35)36-5-2)21(16-38-26)19-9-7-6-8-10-19/h4,6-12,14,16H,1,5,13,15,17H2,2-3H3,(H,30,34). The number of allylic oxidation sites excluding steroid dienone is 1. The normalized spacial score (nSPS) is 10.7. The summed E-state index contributed by atoms with van der Waals surface area (Å²) in [6.07, 6.45) is 1.73. The van der Waals surface area contributed by atoms with E-state index in [0.717, 1.165) is 11.1 Å². The van der Waals surface area contributed by atoms with Crippen molar-refractivity contribution in [2.24, 2.45) is 0 Å². The minimum atomic E-state index is -0.480. The maximum Gasteiger partial charge on any atom is 0.341 e. The summed E-state index contributed by atoms with van der Waals surface area (Å²) in [4.78, 5) is 25.7. The molecule has 0 radical (unpaired) electrons. The molecule has 0 saturated heterocycles. The maximum atomic E-state index is 12.9. The van der Waals surface area contributed by atoms with Gasteiger partial charge in [0.05, 0.1) is 12.4 Å². The highest BCUT2D eigenvalue weighted by atomic mass is 35.5. The lowest BCUT2D eigenvalue weighted by molar-refractivity contribution is -0.113. The van der Waals surface area contributed by atoms with E-state index in [1.54, 1.807) is 19.1 Å². The molecule has 11 heteroatoms. The minimum Gasteiger partial charge on any atom is -0.485 e. The predicted molar refractivity (Wildman–Crippen MR) is 156 cm³/mol. The number of esters is 1. The average Bonchev–Trinajstić information content (AvgIpc) is 3.52. The van der Waals surface area contributed by atoms with Crippen LogP contribution < -0.4 is 10.1 Å². The number of aryl methyl sites for hydroxylation is 1. The fraction of sp³-hybridized carbons (Fsp3) is 0.214. The largest absolute Gasteiger partial charge is 0.485 e. The zero-order valence-corrected chi connectivity index (χ0v) is 23.9. The number of thioether (sulfide) groups is 1. The first-order valence-corrected chi connectivity index (χ1v) is 14.3. The lowest BCUT2D eigenvalue weighted by atomic mass is 10.0. The van der Waals surface area contributed by atoms with E-state index in [2.05, 4.69) is 22.1 Å². The first kappa shape index (κ1) is 28.4. The van der Waals surface area contributed by atoms with Crippen molar-refractivity contribution in [1.82, 2.24) is 14.8 Å². The van der Waals surface area contributed by atoms with Crippen molar-refractivity contribution < 1.29 is 19.1 Å². The number of carbonyl (C=O) groups is 2. The van der Waals surface area contributed by atoms with E-state index in [1.165, 1.54) is 23.1 Å². The van der Waals surface area contributed by atoms with Crippen LogP contribution in [0.2, 0.25) is 5.02 Å². The minimum absolute atomic E-state index is 0.0628. The summed E-state index contributed by atoms with van der Waals surface area (Å²) in [5.41, 5.74) is 2.84. The monoisotopic (exact) mass is 582 g/mol. The van der Waals surface area contributed by atoms with Gasteiger partial charge in [-0.1, -0.05) is 59.8 Å². The quantitative estimate of drug-likeness (QED) is 0.114. The molecule has 0 spiro atoms. The zero-order chi connectivity index (χ0) is 27.8. The SMILES string of the molecule is C=CCn1c(COc2ccc(Cl)cc2C)nnc1SCC(=O)Nc1scc(-c2ccccc2)c1C(=O)OCC. The van der Waals surface area contributed by atoms with Crippen LogP contribution in [0.3, 0.4) is 0 Å². The van der Waals surface area contributed by atoms with Gasteiger partial charge in [0.25, 0.3) is 0 Å². The van der Waals surface area contributed by atoms with Crippen LogP contribution in [0.5, 0.6) is 5.75 Å². The Morgan fingerprint density at radius 2 is 2.00 bits per heavy atom. The van der Waals surface area contributed by atoms with E-state index < -0.39 is 5.97 Å². The first-order valence-electron chi connectivity index (χ1n) is 12.1. The van der Waals surface area contributed by atoms with E-state index in [9.17, 15) is 9.59 Å². The number of rotatable bonds is 12. The van der Waals surface area contributed by atoms with Crippen molar-refractivity contribution in [3.63, 3.8) is 0 Å². The van der Waals surface area contributed by atoms with Gasteiger partial charge >= 0.3 is 5.97 Å². The van der Waals surface area contributed by atoms with E-state index in [0.29, 0.717) is 44.4 Å². The van der Waals surface area contributed by atoms with Gasteiger partial charge in [-0.25, -0.2) is 4.79 Å². The van der Waals surface area contributed by atoms with E-state index in [4.69, 9.17) is 21.1 Å². The number of anilines is 1. The number of ether oxygens (including phenoxy) is 2. The fourth-order valence-corrected chi connectivity index (χ4v) is 5.71. The Morgan fingerprint density at radius 3 is 2.72 bits per heavy atom. The highest BCUT2D eigenvalue weighted by Crippen LogP contribution is 2.36. The van der Waals surface area contributed by atoms with Gasteiger partial charge in [0.15, 0.2) is 11.0 Å². The molecule has 4 aromatic rings. The topological polar surface area (TPSA) is 95.3 Å². The summed E-state index contributed by atoms with van der Waals surface area (Å²) in [6, 6.07) is 14.9. The summed E-state index contributed by atoms with van der Waals surface area (Å²) in [6.45, 7) is 8.35. The summed E-state index contributed by atoms with van der Waals surface area (Å²) < 4.78 is 13.1. The lowest BCUT2D eigenvalue weighted by Gasteiger charge is -2.11. The van der Waals surface area contributed by atoms with E-state index in [1.807, 2.05) is 59.3 Å². The molecule has 0 aliphatic heterocycles. The molecule has 0 aliphatic rings. The van der Waals surface area contributed by atoms with Crippen LogP contribution in [0, 0.1) is 6.92 Å². The third-order valence-corrected chi connectivity index (χ3v) is 7.64. The second kappa shape index (κ2) is 13.5. The van der Waals surface area contributed by atoms with Crippen LogP contribution in [0.4, 0.5) is 5.00 Å². The van der Waals surface area contributed by atoms with Crippen molar-refractivity contribution in [2.45, 2.75) is 32.2 Å². The van der Waals surface area contributed by atoms with Gasteiger partial charge < -0.3 is 14.8 Å². The van der Waals surface area contributed by atoms with Crippen molar-refractivity contribution in [2.75, 3.05) is 17.7 Å². The molecule has 0 aliphatic carbocycles. The molecule has 0 fully saturated rings. The van der Waals surface area contributed by atoms with Crippen LogP contribution in [-0.4, -0.2) is 39.0 Å². The molecule has 202 valence electrons. The molecular formula is C28H27ClN4O4S2. The Balaban J connectivity index is 1.45. The van der Waals surface area contributed by atoms with Crippen molar-refractivity contribution in [3.8, 4) is 16.9 Å². The van der Waals surface area contributed by atoms with Gasteiger partial charge in [-0.15, -0.1) is 28.1 Å². The van der Waals surface area contributed by atoms with Crippen LogP contribution in [-0.2, 0) is 22.7 Å². The Morgan fingerprint density at radius 1 is 1.21 bits per heavy atom. The number of nitrogens with one attached hydrogen (secondary N) is 1. The number of aromatic nitrogens is 3. The zero-order valence-electron chi connectivity index (χ0n) is 21.5. The molecule has 2 heterocycles. The number of hydrogen-bond donors (Lipinski definition) is 1. The number of amides is 1. The highest BCUT2D eigenvalue weighted by molar-refractivity contribution is 7.99. The first-order chi connectivity index (χ1) is 18.9. The molecule has 0 bridgehead atoms. The molecule has 0 atom stereocenters. The molecule has 4 rings (SSSR count). The maximum absolute atomic E-state index is 12.9. The third-order valence-electron chi connectivity index (χ3n) is 5.54. The van der Waals surface area contributed by atoms with Crippen molar-refractivity contribution in [3.05, 3.63) is 88.5 Å². The molecule has 8 nitrogen and oxygen atoms in total.